The van der Waals surface area contributed by atoms with Crippen LogP contribution in [0.4, 0.5) is 8.78 Å². The molecule has 0 N–H and O–H groups in total. The van der Waals surface area contributed by atoms with Crippen LogP contribution in [0, 0.1) is 0 Å². The van der Waals surface area contributed by atoms with E-state index in [1.165, 1.54) is 4.31 Å². The van der Waals surface area contributed by atoms with E-state index in [1.807, 2.05) is 0 Å². The summed E-state index contributed by atoms with van der Waals surface area (Å²) in [6, 6.07) is -0.499. The second kappa shape index (κ2) is 3.38. The summed E-state index contributed by atoms with van der Waals surface area (Å²) < 4.78 is 49.7. The summed E-state index contributed by atoms with van der Waals surface area (Å²) in [5, 5.41) is 0. The van der Waals surface area contributed by atoms with Crippen LogP contribution in [-0.2, 0) is 10.0 Å². The van der Waals surface area contributed by atoms with Gasteiger partial charge in [0.25, 0.3) is 5.92 Å². The standard InChI is InChI=1S/C9H15F2NO2S/c1-15(13,14)12(7-3-2-4-7)8-5-9(10,11)6-8/h7-8H,2-6H2,1H3. The second-order valence-corrected chi connectivity index (χ2v) is 6.48. The summed E-state index contributed by atoms with van der Waals surface area (Å²) in [7, 11) is -3.34. The Balaban J connectivity index is 2.07. The third-order valence-corrected chi connectivity index (χ3v) is 4.61. The van der Waals surface area contributed by atoms with Crippen molar-refractivity contribution in [1.82, 2.24) is 4.31 Å². The second-order valence-electron chi connectivity index (χ2n) is 4.60. The Morgan fingerprint density at radius 3 is 2.00 bits per heavy atom. The van der Waals surface area contributed by atoms with Gasteiger partial charge in [0.2, 0.25) is 10.0 Å². The van der Waals surface area contributed by atoms with Gasteiger partial charge in [-0.3, -0.25) is 0 Å². The number of halogens is 2. The van der Waals surface area contributed by atoms with Gasteiger partial charge in [0.05, 0.1) is 6.26 Å². The summed E-state index contributed by atoms with van der Waals surface area (Å²) in [5.74, 6) is -2.66. The Hall–Kier alpha value is -0.230. The number of hydrogen-bond donors (Lipinski definition) is 0. The third-order valence-electron chi connectivity index (χ3n) is 3.25. The first-order valence-electron chi connectivity index (χ1n) is 5.16. The summed E-state index contributed by atoms with van der Waals surface area (Å²) >= 11 is 0. The van der Waals surface area contributed by atoms with Crippen LogP contribution in [0.3, 0.4) is 0 Å². The molecule has 0 bridgehead atoms. The highest BCUT2D eigenvalue weighted by atomic mass is 32.2. The molecule has 0 aromatic rings. The van der Waals surface area contributed by atoms with Crippen molar-refractivity contribution in [2.45, 2.75) is 50.1 Å². The molecule has 0 unspecified atom stereocenters. The first-order valence-corrected chi connectivity index (χ1v) is 7.01. The van der Waals surface area contributed by atoms with Crippen molar-refractivity contribution in [2.24, 2.45) is 0 Å². The van der Waals surface area contributed by atoms with E-state index in [-0.39, 0.29) is 18.9 Å². The lowest BCUT2D eigenvalue weighted by Crippen LogP contribution is -2.57. The largest absolute Gasteiger partial charge is 0.251 e. The zero-order chi connectivity index (χ0) is 11.3. The zero-order valence-electron chi connectivity index (χ0n) is 8.62. The molecular weight excluding hydrogens is 224 g/mol. The maximum absolute atomic E-state index is 12.7. The van der Waals surface area contributed by atoms with Crippen molar-refractivity contribution in [1.29, 1.82) is 0 Å². The van der Waals surface area contributed by atoms with E-state index in [0.717, 1.165) is 25.5 Å². The van der Waals surface area contributed by atoms with Gasteiger partial charge in [-0.1, -0.05) is 6.42 Å². The fourth-order valence-corrected chi connectivity index (χ4v) is 3.73. The number of sulfonamides is 1. The molecule has 3 nitrogen and oxygen atoms in total. The van der Waals surface area contributed by atoms with E-state index in [0.29, 0.717) is 0 Å². The topological polar surface area (TPSA) is 37.4 Å². The van der Waals surface area contributed by atoms with Crippen molar-refractivity contribution in [2.75, 3.05) is 6.26 Å². The highest BCUT2D eigenvalue weighted by molar-refractivity contribution is 7.88. The smallest absolute Gasteiger partial charge is 0.212 e. The molecule has 0 aromatic heterocycles. The summed E-state index contributed by atoms with van der Waals surface area (Å²) in [6.45, 7) is 0. The first-order chi connectivity index (χ1) is 6.80. The van der Waals surface area contributed by atoms with Gasteiger partial charge in [0.15, 0.2) is 0 Å². The molecule has 2 aliphatic rings. The van der Waals surface area contributed by atoms with Gasteiger partial charge in [-0.25, -0.2) is 17.2 Å². The van der Waals surface area contributed by atoms with Gasteiger partial charge in [-0.05, 0) is 12.8 Å². The fourth-order valence-electron chi connectivity index (χ4n) is 2.29. The van der Waals surface area contributed by atoms with Crippen molar-refractivity contribution < 1.29 is 17.2 Å². The molecule has 2 saturated carbocycles. The van der Waals surface area contributed by atoms with Gasteiger partial charge in [0, 0.05) is 24.9 Å². The monoisotopic (exact) mass is 239 g/mol. The van der Waals surface area contributed by atoms with E-state index in [1.54, 1.807) is 0 Å². The lowest BCUT2D eigenvalue weighted by molar-refractivity contribution is -0.117. The van der Waals surface area contributed by atoms with Crippen LogP contribution in [0.1, 0.15) is 32.1 Å². The average Bonchev–Trinajstić information content (AvgIpc) is 1.88. The third kappa shape index (κ3) is 2.15. The minimum absolute atomic E-state index is 0.0268. The van der Waals surface area contributed by atoms with Crippen molar-refractivity contribution in [3.63, 3.8) is 0 Å². The molecule has 0 aliphatic heterocycles. The van der Waals surface area contributed by atoms with Crippen molar-refractivity contribution >= 4 is 10.0 Å². The number of hydrogen-bond acceptors (Lipinski definition) is 2. The van der Waals surface area contributed by atoms with Gasteiger partial charge in [0.1, 0.15) is 0 Å². The van der Waals surface area contributed by atoms with Gasteiger partial charge in [-0.2, -0.15) is 4.31 Å². The SMILES string of the molecule is CS(=O)(=O)N(C1CCC1)C1CC(F)(F)C1. The van der Waals surface area contributed by atoms with Crippen molar-refractivity contribution in [3.8, 4) is 0 Å². The van der Waals surface area contributed by atoms with Crippen LogP contribution >= 0.6 is 0 Å². The van der Waals surface area contributed by atoms with Gasteiger partial charge < -0.3 is 0 Å². The van der Waals surface area contributed by atoms with Crippen molar-refractivity contribution in [3.05, 3.63) is 0 Å². The summed E-state index contributed by atoms with van der Waals surface area (Å²) in [6.07, 6.45) is 3.12. The molecule has 0 spiro atoms. The Kier molecular flexibility index (Phi) is 2.54. The van der Waals surface area contributed by atoms with E-state index in [4.69, 9.17) is 0 Å². The molecule has 15 heavy (non-hydrogen) atoms. The highest BCUT2D eigenvalue weighted by Gasteiger charge is 2.52. The van der Waals surface area contributed by atoms with E-state index in [9.17, 15) is 17.2 Å². The Morgan fingerprint density at radius 1 is 1.20 bits per heavy atom. The number of nitrogens with zero attached hydrogens (tertiary/aromatic N) is 1. The minimum atomic E-state index is -3.34. The van der Waals surface area contributed by atoms with Crippen LogP contribution in [-0.4, -0.2) is 37.0 Å². The lowest BCUT2D eigenvalue weighted by atomic mass is 9.84. The summed E-state index contributed by atoms with van der Waals surface area (Å²) in [4.78, 5) is 0. The molecule has 0 saturated heterocycles. The predicted octanol–water partition coefficient (Wildman–Crippen LogP) is 1.60. The zero-order valence-corrected chi connectivity index (χ0v) is 9.43. The Morgan fingerprint density at radius 2 is 1.73 bits per heavy atom. The minimum Gasteiger partial charge on any atom is -0.212 e. The predicted molar refractivity (Wildman–Crippen MR) is 52.3 cm³/mol. The molecule has 0 radical (unpaired) electrons. The normalized spacial score (nSPS) is 27.5. The Labute approximate surface area is 88.5 Å². The molecule has 0 heterocycles. The molecule has 88 valence electrons. The number of alkyl halides is 2. The average molecular weight is 239 g/mol. The van der Waals surface area contributed by atoms with Gasteiger partial charge in [-0.15, -0.1) is 0 Å². The van der Waals surface area contributed by atoms with Gasteiger partial charge >= 0.3 is 0 Å². The summed E-state index contributed by atoms with van der Waals surface area (Å²) in [5.41, 5.74) is 0. The van der Waals surface area contributed by atoms with E-state index >= 15 is 0 Å². The fraction of sp³-hybridized carbons (Fsp3) is 1.00. The first kappa shape index (κ1) is 11.3. The van der Waals surface area contributed by atoms with E-state index < -0.39 is 22.0 Å². The molecule has 2 rings (SSSR count). The molecule has 6 heteroatoms. The maximum atomic E-state index is 12.7. The van der Waals surface area contributed by atoms with Crippen LogP contribution in [0.2, 0.25) is 0 Å². The quantitative estimate of drug-likeness (QED) is 0.750. The molecule has 2 fully saturated rings. The Bertz CT molecular complexity index is 343. The van der Waals surface area contributed by atoms with E-state index in [2.05, 4.69) is 0 Å². The maximum Gasteiger partial charge on any atom is 0.251 e. The number of rotatable bonds is 3. The molecule has 0 amide bonds. The van der Waals surface area contributed by atoms with Crippen LogP contribution < -0.4 is 0 Å². The lowest BCUT2D eigenvalue weighted by Gasteiger charge is -2.47. The van der Waals surface area contributed by atoms with Crippen LogP contribution in [0.25, 0.3) is 0 Å². The van der Waals surface area contributed by atoms with Crippen LogP contribution in [0.15, 0.2) is 0 Å². The molecule has 2 aliphatic carbocycles. The highest BCUT2D eigenvalue weighted by Crippen LogP contribution is 2.44. The van der Waals surface area contributed by atoms with Crippen LogP contribution in [0.5, 0.6) is 0 Å². The molecule has 0 atom stereocenters. The molecular formula is C9H15F2NO2S. The molecule has 0 aromatic carbocycles.